The maximum atomic E-state index is 11.8. The van der Waals surface area contributed by atoms with Crippen molar-refractivity contribution < 1.29 is 14.7 Å². The molecule has 28 heavy (non-hydrogen) atoms. The zero-order valence-electron chi connectivity index (χ0n) is 14.8. The quantitative estimate of drug-likeness (QED) is 0.347. The van der Waals surface area contributed by atoms with E-state index in [0.29, 0.717) is 0 Å². The lowest BCUT2D eigenvalue weighted by Crippen LogP contribution is -2.36. The number of amides is 2. The van der Waals surface area contributed by atoms with Gasteiger partial charge in [-0.3, -0.25) is 15.1 Å². The summed E-state index contributed by atoms with van der Waals surface area (Å²) in [7, 11) is 1.44. The van der Waals surface area contributed by atoms with Gasteiger partial charge in [-0.15, -0.1) is 0 Å². The molecule has 0 spiro atoms. The molecule has 2 amide bonds. The first-order valence-corrected chi connectivity index (χ1v) is 8.04. The predicted octanol–water partition coefficient (Wildman–Crippen LogP) is 1.37. The number of para-hydroxylation sites is 2. The Labute approximate surface area is 179 Å². The van der Waals surface area contributed by atoms with Crippen LogP contribution in [0.2, 0.25) is 0 Å². The van der Waals surface area contributed by atoms with Gasteiger partial charge in [0.25, 0.3) is 0 Å². The fourth-order valence-electron chi connectivity index (χ4n) is 2.50. The molecule has 1 heterocycles. The number of nitrogens with two attached hydrogens (primary N) is 2. The molecule has 0 atom stereocenters. The lowest BCUT2D eigenvalue weighted by atomic mass is 10.1. The van der Waals surface area contributed by atoms with Crippen LogP contribution in [0.4, 0.5) is 16.2 Å². The number of carboxylic acid groups (broad SMARTS) is 1. The highest BCUT2D eigenvalue weighted by atomic mass is 24.3. The number of nitrogens with one attached hydrogen (secondary N) is 1. The number of rotatable bonds is 2. The SMILES string of the molecule is CN(CC(=O)O)C(=N)N.NC(=O)N1c2ccccc2C=Cc2ccccc21.[MgH2]. The largest absolute Gasteiger partial charge is 0.480 e. The number of hydrogen-bond donors (Lipinski definition) is 4. The van der Waals surface area contributed by atoms with Crippen LogP contribution >= 0.6 is 0 Å². The second kappa shape index (κ2) is 10.3. The Bertz CT molecular complexity index is 851. The summed E-state index contributed by atoms with van der Waals surface area (Å²) in [6.07, 6.45) is 3.99. The molecule has 1 aliphatic heterocycles. The molecular weight excluding hydrogens is 371 g/mol. The molecule has 2 aromatic rings. The van der Waals surface area contributed by atoms with E-state index in [2.05, 4.69) is 0 Å². The maximum Gasteiger partial charge on any atom is 0.323 e. The van der Waals surface area contributed by atoms with Gasteiger partial charge in [-0.05, 0) is 23.3 Å². The molecular formula is C19H23MgN5O3. The number of carboxylic acids is 1. The van der Waals surface area contributed by atoms with Crippen molar-refractivity contribution in [3.63, 3.8) is 0 Å². The van der Waals surface area contributed by atoms with Gasteiger partial charge in [-0.2, -0.15) is 0 Å². The maximum absolute atomic E-state index is 11.8. The van der Waals surface area contributed by atoms with Gasteiger partial charge in [0.1, 0.15) is 6.54 Å². The van der Waals surface area contributed by atoms with Crippen molar-refractivity contribution in [3.05, 3.63) is 59.7 Å². The van der Waals surface area contributed by atoms with Gasteiger partial charge in [-0.25, -0.2) is 4.79 Å². The van der Waals surface area contributed by atoms with Crippen molar-refractivity contribution >= 4 is 64.5 Å². The number of carbonyl (C=O) groups excluding carboxylic acids is 1. The van der Waals surface area contributed by atoms with E-state index < -0.39 is 12.0 Å². The second-order valence-corrected chi connectivity index (χ2v) is 5.76. The van der Waals surface area contributed by atoms with E-state index in [0.717, 1.165) is 27.4 Å². The van der Waals surface area contributed by atoms with Crippen LogP contribution in [0.3, 0.4) is 0 Å². The number of hydrogen-bond acceptors (Lipinski definition) is 3. The Hall–Kier alpha value is -3.04. The molecule has 3 rings (SSSR count). The van der Waals surface area contributed by atoms with Crippen molar-refractivity contribution in [2.24, 2.45) is 11.5 Å². The molecule has 0 saturated heterocycles. The Morgan fingerprint density at radius 3 is 1.75 bits per heavy atom. The summed E-state index contributed by atoms with van der Waals surface area (Å²) in [6, 6.07) is 14.9. The summed E-state index contributed by atoms with van der Waals surface area (Å²) in [5.74, 6) is -1.23. The Balaban J connectivity index is 0.000000339. The highest BCUT2D eigenvalue weighted by molar-refractivity contribution is 6.04. The number of guanidine groups is 1. The van der Waals surface area contributed by atoms with Crippen LogP contribution in [0.1, 0.15) is 11.1 Å². The molecule has 0 aromatic heterocycles. The fraction of sp³-hybridized carbons (Fsp3) is 0.105. The number of likely N-dealkylation sites (N-methyl/N-ethyl adjacent to an activating group) is 1. The monoisotopic (exact) mass is 393 g/mol. The van der Waals surface area contributed by atoms with Gasteiger partial charge in [0.15, 0.2) is 5.96 Å². The van der Waals surface area contributed by atoms with Crippen molar-refractivity contribution in [2.75, 3.05) is 18.5 Å². The van der Waals surface area contributed by atoms with Gasteiger partial charge in [0.05, 0.1) is 11.4 Å². The van der Waals surface area contributed by atoms with E-state index >= 15 is 0 Å². The van der Waals surface area contributed by atoms with E-state index in [1.165, 1.54) is 7.05 Å². The van der Waals surface area contributed by atoms with Crippen LogP contribution < -0.4 is 16.4 Å². The smallest absolute Gasteiger partial charge is 0.323 e. The van der Waals surface area contributed by atoms with Gasteiger partial charge in [-0.1, -0.05) is 48.6 Å². The molecule has 0 fully saturated rings. The summed E-state index contributed by atoms with van der Waals surface area (Å²) in [6.45, 7) is -0.227. The molecule has 8 nitrogen and oxygen atoms in total. The van der Waals surface area contributed by atoms with Gasteiger partial charge >= 0.3 is 35.1 Å². The van der Waals surface area contributed by atoms with Crippen molar-refractivity contribution in [1.82, 2.24) is 4.90 Å². The number of aliphatic carboxylic acids is 1. The molecule has 0 radical (unpaired) electrons. The van der Waals surface area contributed by atoms with E-state index in [-0.39, 0.29) is 35.6 Å². The average Bonchev–Trinajstić information content (AvgIpc) is 2.78. The third-order valence-corrected chi connectivity index (χ3v) is 3.80. The van der Waals surface area contributed by atoms with Crippen LogP contribution in [0.5, 0.6) is 0 Å². The van der Waals surface area contributed by atoms with E-state index in [1.807, 2.05) is 60.7 Å². The number of primary amides is 1. The predicted molar refractivity (Wildman–Crippen MR) is 114 cm³/mol. The molecule has 0 unspecified atom stereocenters. The van der Waals surface area contributed by atoms with E-state index in [1.54, 1.807) is 4.90 Å². The van der Waals surface area contributed by atoms with Crippen molar-refractivity contribution in [3.8, 4) is 0 Å². The van der Waals surface area contributed by atoms with Gasteiger partial charge in [0, 0.05) is 7.05 Å². The van der Waals surface area contributed by atoms with Crippen LogP contribution in [0.25, 0.3) is 12.2 Å². The molecule has 2 aromatic carbocycles. The molecule has 144 valence electrons. The van der Waals surface area contributed by atoms with Crippen LogP contribution in [-0.2, 0) is 4.79 Å². The van der Waals surface area contributed by atoms with Crippen molar-refractivity contribution in [2.45, 2.75) is 0 Å². The third-order valence-electron chi connectivity index (χ3n) is 3.80. The fourth-order valence-corrected chi connectivity index (χ4v) is 2.50. The first-order chi connectivity index (χ1) is 12.8. The summed E-state index contributed by atoms with van der Waals surface area (Å²) in [5.41, 5.74) is 14.0. The lowest BCUT2D eigenvalue weighted by Gasteiger charge is -2.22. The number of anilines is 2. The average molecular weight is 394 g/mol. The molecule has 0 aliphatic carbocycles. The minimum Gasteiger partial charge on any atom is -0.480 e. The first-order valence-electron chi connectivity index (χ1n) is 8.04. The summed E-state index contributed by atoms with van der Waals surface area (Å²) >= 11 is 0. The minimum atomic E-state index is -0.993. The number of benzene rings is 2. The van der Waals surface area contributed by atoms with E-state index in [4.69, 9.17) is 22.0 Å². The Morgan fingerprint density at radius 1 is 1.00 bits per heavy atom. The number of carbonyl (C=O) groups is 2. The van der Waals surface area contributed by atoms with Gasteiger partial charge < -0.3 is 21.5 Å². The highest BCUT2D eigenvalue weighted by Gasteiger charge is 2.21. The standard InChI is InChI=1S/C15H12N2O.C4H9N3O2.Mg.2H/c16-15(18)17-13-7-3-1-5-11(13)9-10-12-6-2-4-8-14(12)17;1-7(4(5)6)2-3(8)9;;;/h1-10H,(H2,16,18);2H2,1H3,(H3,5,6)(H,8,9);;;. The Morgan fingerprint density at radius 2 is 1.43 bits per heavy atom. The second-order valence-electron chi connectivity index (χ2n) is 5.76. The van der Waals surface area contributed by atoms with E-state index in [9.17, 15) is 9.59 Å². The number of urea groups is 1. The van der Waals surface area contributed by atoms with Crippen LogP contribution in [-0.4, -0.2) is 64.6 Å². The molecule has 0 saturated carbocycles. The zero-order valence-corrected chi connectivity index (χ0v) is 14.8. The van der Waals surface area contributed by atoms with Crippen LogP contribution in [0, 0.1) is 5.41 Å². The normalized spacial score (nSPS) is 10.8. The van der Waals surface area contributed by atoms with Crippen molar-refractivity contribution in [1.29, 1.82) is 5.41 Å². The number of fused-ring (bicyclic) bond motifs is 2. The molecule has 9 heteroatoms. The molecule has 6 N–H and O–H groups in total. The Kier molecular flexibility index (Phi) is 8.49. The van der Waals surface area contributed by atoms with Gasteiger partial charge in [0.2, 0.25) is 0 Å². The first kappa shape index (κ1) is 23.0. The van der Waals surface area contributed by atoms with Crippen LogP contribution in [0.15, 0.2) is 48.5 Å². The summed E-state index contributed by atoms with van der Waals surface area (Å²) in [5, 5.41) is 14.9. The molecule has 1 aliphatic rings. The topological polar surface area (TPSA) is 137 Å². The third kappa shape index (κ3) is 5.73. The highest BCUT2D eigenvalue weighted by Crippen LogP contribution is 2.35. The molecule has 0 bridgehead atoms. The lowest BCUT2D eigenvalue weighted by molar-refractivity contribution is -0.137. The zero-order chi connectivity index (χ0) is 20.0. The summed E-state index contributed by atoms with van der Waals surface area (Å²) in [4.78, 5) is 24.3. The summed E-state index contributed by atoms with van der Waals surface area (Å²) < 4.78 is 0. The minimum absolute atomic E-state index is 0. The number of nitrogens with zero attached hydrogens (tertiary/aromatic N) is 2.